The largest absolute Gasteiger partial charge is 0.478 e. The van der Waals surface area contributed by atoms with E-state index in [0.717, 1.165) is 17.1 Å². The fraction of sp³-hybridized carbons (Fsp3) is 0.500. The van der Waals surface area contributed by atoms with Gasteiger partial charge in [-0.25, -0.2) is 4.79 Å². The van der Waals surface area contributed by atoms with E-state index in [2.05, 4.69) is 5.32 Å². The molecule has 0 radical (unpaired) electrons. The van der Waals surface area contributed by atoms with Crippen molar-refractivity contribution in [2.24, 2.45) is 0 Å². The maximum absolute atomic E-state index is 11.3. The number of carbonyl (C=O) groups excluding carboxylic acids is 2. The van der Waals surface area contributed by atoms with Gasteiger partial charge >= 0.3 is 5.97 Å². The molecule has 0 bridgehead atoms. The van der Waals surface area contributed by atoms with Gasteiger partial charge in [-0.15, -0.1) is 0 Å². The molecule has 0 aromatic carbocycles. The summed E-state index contributed by atoms with van der Waals surface area (Å²) in [5, 5.41) is 10.9. The second-order valence-electron chi connectivity index (χ2n) is 3.59. The number of nitrogens with zero attached hydrogens (tertiary/aromatic N) is 1. The molecule has 0 fully saturated rings. The Balaban J connectivity index is 4.15. The summed E-state index contributed by atoms with van der Waals surface area (Å²) in [7, 11) is 1.43. The zero-order chi connectivity index (χ0) is 12.7. The molecule has 0 aromatic heterocycles. The molecular weight excluding hydrogens is 212 g/mol. The van der Waals surface area contributed by atoms with Gasteiger partial charge in [0.15, 0.2) is 0 Å². The summed E-state index contributed by atoms with van der Waals surface area (Å²) in [5.41, 5.74) is 0. The quantitative estimate of drug-likeness (QED) is 0.627. The highest BCUT2D eigenvalue weighted by atomic mass is 16.4. The minimum Gasteiger partial charge on any atom is -0.478 e. The molecule has 0 aromatic rings. The van der Waals surface area contributed by atoms with E-state index < -0.39 is 11.9 Å². The first kappa shape index (κ1) is 14.2. The monoisotopic (exact) mass is 228 g/mol. The van der Waals surface area contributed by atoms with Crippen molar-refractivity contribution < 1.29 is 19.5 Å². The first-order valence-corrected chi connectivity index (χ1v) is 4.78. The second-order valence-corrected chi connectivity index (χ2v) is 3.59. The van der Waals surface area contributed by atoms with Crippen LogP contribution in [-0.2, 0) is 14.4 Å². The van der Waals surface area contributed by atoms with Crippen molar-refractivity contribution in [3.63, 3.8) is 0 Å². The van der Waals surface area contributed by atoms with Crippen LogP contribution in [0.5, 0.6) is 0 Å². The Morgan fingerprint density at radius 2 is 1.88 bits per heavy atom. The van der Waals surface area contributed by atoms with E-state index in [1.165, 1.54) is 7.05 Å². The van der Waals surface area contributed by atoms with Crippen LogP contribution in [0.4, 0.5) is 0 Å². The van der Waals surface area contributed by atoms with Crippen LogP contribution < -0.4 is 5.32 Å². The standard InChI is InChI=1S/C10H16N2O4/c1-7(2)11-8(13)6-12(3)9(14)4-5-10(15)16/h4-5,7H,6H2,1-3H3,(H,11,13)(H,15,16)/b5-4+. The van der Waals surface area contributed by atoms with Gasteiger partial charge in [-0.3, -0.25) is 9.59 Å². The van der Waals surface area contributed by atoms with Crippen LogP contribution >= 0.6 is 0 Å². The zero-order valence-electron chi connectivity index (χ0n) is 9.56. The number of amides is 2. The Bertz CT molecular complexity index is 310. The number of likely N-dealkylation sites (N-methyl/N-ethyl adjacent to an activating group) is 1. The normalized spacial score (nSPS) is 10.5. The van der Waals surface area contributed by atoms with Gasteiger partial charge in [0.2, 0.25) is 11.8 Å². The molecule has 0 rings (SSSR count). The fourth-order valence-electron chi connectivity index (χ4n) is 0.931. The topological polar surface area (TPSA) is 86.7 Å². The van der Waals surface area contributed by atoms with Gasteiger partial charge < -0.3 is 15.3 Å². The molecule has 2 amide bonds. The summed E-state index contributed by atoms with van der Waals surface area (Å²) in [6.07, 6.45) is 1.64. The number of carboxylic acids is 1. The second kappa shape index (κ2) is 6.60. The van der Waals surface area contributed by atoms with E-state index in [9.17, 15) is 14.4 Å². The lowest BCUT2D eigenvalue weighted by atomic mass is 10.3. The van der Waals surface area contributed by atoms with Gasteiger partial charge in [-0.2, -0.15) is 0 Å². The van der Waals surface area contributed by atoms with Crippen LogP contribution in [0.1, 0.15) is 13.8 Å². The lowest BCUT2D eigenvalue weighted by Gasteiger charge is -2.15. The summed E-state index contributed by atoms with van der Waals surface area (Å²) in [4.78, 5) is 33.8. The molecule has 0 spiro atoms. The molecule has 0 heterocycles. The Kier molecular flexibility index (Phi) is 5.84. The van der Waals surface area contributed by atoms with E-state index in [1.807, 2.05) is 13.8 Å². The minimum atomic E-state index is -1.20. The molecule has 0 atom stereocenters. The van der Waals surface area contributed by atoms with Crippen LogP contribution in [0, 0.1) is 0 Å². The predicted molar refractivity (Wildman–Crippen MR) is 57.7 cm³/mol. The Labute approximate surface area is 93.9 Å². The Morgan fingerprint density at radius 3 is 2.31 bits per heavy atom. The van der Waals surface area contributed by atoms with E-state index in [4.69, 9.17) is 5.11 Å². The number of carbonyl (C=O) groups is 3. The van der Waals surface area contributed by atoms with E-state index in [0.29, 0.717) is 0 Å². The zero-order valence-corrected chi connectivity index (χ0v) is 9.56. The molecule has 16 heavy (non-hydrogen) atoms. The number of aliphatic carboxylic acids is 1. The number of hydrogen-bond acceptors (Lipinski definition) is 3. The highest BCUT2D eigenvalue weighted by Gasteiger charge is 2.11. The van der Waals surface area contributed by atoms with Crippen molar-refractivity contribution in [1.29, 1.82) is 0 Å². The summed E-state index contributed by atoms with van der Waals surface area (Å²) in [6.45, 7) is 3.52. The molecule has 90 valence electrons. The van der Waals surface area contributed by atoms with Gasteiger partial charge in [0.25, 0.3) is 0 Å². The SMILES string of the molecule is CC(C)NC(=O)CN(C)C(=O)/C=C/C(=O)O. The molecule has 6 nitrogen and oxygen atoms in total. The van der Waals surface area contributed by atoms with E-state index in [1.54, 1.807) is 0 Å². The number of carboxylic acid groups (broad SMARTS) is 1. The van der Waals surface area contributed by atoms with Crippen LogP contribution in [0.15, 0.2) is 12.2 Å². The summed E-state index contributed by atoms with van der Waals surface area (Å²) in [6, 6.07) is 0.00515. The summed E-state index contributed by atoms with van der Waals surface area (Å²) >= 11 is 0. The molecule has 0 saturated heterocycles. The number of rotatable bonds is 5. The predicted octanol–water partition coefficient (Wildman–Crippen LogP) is -0.390. The van der Waals surface area contributed by atoms with Gasteiger partial charge in [-0.05, 0) is 13.8 Å². The van der Waals surface area contributed by atoms with Crippen molar-refractivity contribution in [3.8, 4) is 0 Å². The van der Waals surface area contributed by atoms with Gasteiger partial charge in [-0.1, -0.05) is 0 Å². The highest BCUT2D eigenvalue weighted by Crippen LogP contribution is 1.88. The Hall–Kier alpha value is -1.85. The van der Waals surface area contributed by atoms with E-state index >= 15 is 0 Å². The molecule has 6 heteroatoms. The van der Waals surface area contributed by atoms with Crippen LogP contribution in [0.2, 0.25) is 0 Å². The molecule has 0 aliphatic heterocycles. The first-order chi connectivity index (χ1) is 7.32. The lowest BCUT2D eigenvalue weighted by Crippen LogP contribution is -2.40. The van der Waals surface area contributed by atoms with Gasteiger partial charge in [0, 0.05) is 25.2 Å². The van der Waals surface area contributed by atoms with Crippen molar-refractivity contribution in [2.45, 2.75) is 19.9 Å². The van der Waals surface area contributed by atoms with Crippen LogP contribution in [0.3, 0.4) is 0 Å². The number of nitrogens with one attached hydrogen (secondary N) is 1. The number of hydrogen-bond donors (Lipinski definition) is 2. The highest BCUT2D eigenvalue weighted by molar-refractivity contribution is 5.95. The molecule has 0 unspecified atom stereocenters. The van der Waals surface area contributed by atoms with Crippen molar-refractivity contribution >= 4 is 17.8 Å². The van der Waals surface area contributed by atoms with Crippen molar-refractivity contribution in [3.05, 3.63) is 12.2 Å². The maximum Gasteiger partial charge on any atom is 0.328 e. The van der Waals surface area contributed by atoms with E-state index in [-0.39, 0.29) is 18.5 Å². The third-order valence-corrected chi connectivity index (χ3v) is 1.58. The average molecular weight is 228 g/mol. The molecule has 2 N–H and O–H groups in total. The maximum atomic E-state index is 11.3. The van der Waals surface area contributed by atoms with Gasteiger partial charge in [0.1, 0.15) is 0 Å². The van der Waals surface area contributed by atoms with Crippen molar-refractivity contribution in [2.75, 3.05) is 13.6 Å². The molecule has 0 aliphatic rings. The first-order valence-electron chi connectivity index (χ1n) is 4.78. The summed E-state index contributed by atoms with van der Waals surface area (Å²) < 4.78 is 0. The smallest absolute Gasteiger partial charge is 0.328 e. The average Bonchev–Trinajstić information content (AvgIpc) is 2.12. The van der Waals surface area contributed by atoms with Crippen molar-refractivity contribution in [1.82, 2.24) is 10.2 Å². The third kappa shape index (κ3) is 6.58. The van der Waals surface area contributed by atoms with Gasteiger partial charge in [0.05, 0.1) is 6.54 Å². The lowest BCUT2D eigenvalue weighted by molar-refractivity contribution is -0.132. The minimum absolute atomic E-state index is 0.00515. The molecule has 0 saturated carbocycles. The third-order valence-electron chi connectivity index (χ3n) is 1.58. The van der Waals surface area contributed by atoms with Crippen LogP contribution in [0.25, 0.3) is 0 Å². The fourth-order valence-corrected chi connectivity index (χ4v) is 0.931. The summed E-state index contributed by atoms with van der Waals surface area (Å²) in [5.74, 6) is -2.01. The Morgan fingerprint density at radius 1 is 1.31 bits per heavy atom. The molecule has 0 aliphatic carbocycles. The van der Waals surface area contributed by atoms with Crippen LogP contribution in [-0.4, -0.2) is 47.4 Å². The molecular formula is C10H16N2O4.